The molecule has 14 nitrogen and oxygen atoms in total. The minimum atomic E-state index is -2.57. The maximum atomic E-state index is 12.1. The molecule has 0 spiro atoms. The Labute approximate surface area is 189 Å². The molecule has 2 aromatic carbocycles. The number of carbonyl (C=O) groups is 2. The van der Waals surface area contributed by atoms with Gasteiger partial charge in [0.25, 0.3) is 0 Å². The van der Waals surface area contributed by atoms with Gasteiger partial charge < -0.3 is 60.2 Å². The molecule has 34 heavy (non-hydrogen) atoms. The number of phenolic OH excluding ortho intramolecular Hbond substituents is 6. The van der Waals surface area contributed by atoms with Gasteiger partial charge in [0.1, 0.15) is 25.4 Å². The number of aromatic hydroxyl groups is 6. The first kappa shape index (κ1) is 24.7. The maximum Gasteiger partial charge on any atom is 0.338 e. The van der Waals surface area contributed by atoms with Crippen molar-refractivity contribution in [1.29, 1.82) is 0 Å². The van der Waals surface area contributed by atoms with Crippen LogP contribution in [0.4, 0.5) is 0 Å². The van der Waals surface area contributed by atoms with Crippen LogP contribution in [0.1, 0.15) is 20.7 Å². The first-order valence-electron chi connectivity index (χ1n) is 9.43. The van der Waals surface area contributed by atoms with Gasteiger partial charge in [-0.25, -0.2) is 9.59 Å². The lowest BCUT2D eigenvalue weighted by atomic mass is 9.96. The molecule has 1 fully saturated rings. The summed E-state index contributed by atoms with van der Waals surface area (Å²) in [5, 5.41) is 87.4. The second kappa shape index (κ2) is 9.11. The third kappa shape index (κ3) is 4.55. The van der Waals surface area contributed by atoms with Crippen LogP contribution in [0, 0.1) is 0 Å². The van der Waals surface area contributed by atoms with Gasteiger partial charge in [0.05, 0.1) is 11.1 Å². The van der Waals surface area contributed by atoms with Crippen molar-refractivity contribution in [2.45, 2.75) is 24.1 Å². The Morgan fingerprint density at radius 2 is 1.21 bits per heavy atom. The van der Waals surface area contributed by atoms with E-state index < -0.39 is 89.3 Å². The van der Waals surface area contributed by atoms with Crippen LogP contribution >= 0.6 is 0 Å². The normalized spacial score (nSPS) is 24.0. The number of ether oxygens (including phenoxy) is 3. The third-order valence-corrected chi connectivity index (χ3v) is 5.02. The van der Waals surface area contributed by atoms with E-state index in [1.165, 1.54) is 0 Å². The predicted octanol–water partition coefficient (Wildman–Crippen LogP) is -1.26. The van der Waals surface area contributed by atoms with Gasteiger partial charge in [-0.2, -0.15) is 0 Å². The number of aliphatic hydroxyl groups is 3. The van der Waals surface area contributed by atoms with Crippen LogP contribution in [0.5, 0.6) is 34.5 Å². The number of hydrogen-bond acceptors (Lipinski definition) is 14. The smallest absolute Gasteiger partial charge is 0.338 e. The van der Waals surface area contributed by atoms with Gasteiger partial charge in [0.2, 0.25) is 0 Å². The Morgan fingerprint density at radius 3 is 1.65 bits per heavy atom. The van der Waals surface area contributed by atoms with Gasteiger partial charge in [-0.3, -0.25) is 0 Å². The van der Waals surface area contributed by atoms with Gasteiger partial charge >= 0.3 is 11.9 Å². The number of aliphatic hydroxyl groups excluding tert-OH is 2. The molecule has 4 atom stereocenters. The molecule has 0 unspecified atom stereocenters. The van der Waals surface area contributed by atoms with Crippen LogP contribution in [-0.2, 0) is 14.2 Å². The molecule has 1 aliphatic rings. The highest BCUT2D eigenvalue weighted by atomic mass is 16.7. The number of hydrogen-bond donors (Lipinski definition) is 9. The van der Waals surface area contributed by atoms with Gasteiger partial charge in [0.15, 0.2) is 46.4 Å². The number of benzene rings is 2. The lowest BCUT2D eigenvalue weighted by Gasteiger charge is -2.27. The lowest BCUT2D eigenvalue weighted by Crippen LogP contribution is -2.52. The molecule has 1 heterocycles. The summed E-state index contributed by atoms with van der Waals surface area (Å²) in [7, 11) is 0. The summed E-state index contributed by atoms with van der Waals surface area (Å²) in [6.45, 7) is -1.75. The Bertz CT molecular complexity index is 1070. The molecular weight excluding hydrogens is 464 g/mol. The van der Waals surface area contributed by atoms with Crippen molar-refractivity contribution in [1.82, 2.24) is 0 Å². The van der Waals surface area contributed by atoms with E-state index in [0.717, 1.165) is 24.3 Å². The SMILES string of the molecule is O=C(OC[C@H]1O[C@@H](O)[C@](O)(COC(=O)c2cc(O)c(O)c(O)c2)[C@H]1O)c1cc(O)c(O)c(O)c1. The monoisotopic (exact) mass is 484 g/mol. The van der Waals surface area contributed by atoms with Crippen molar-refractivity contribution in [3.05, 3.63) is 35.4 Å². The van der Waals surface area contributed by atoms with Crippen LogP contribution in [-0.4, -0.2) is 95.2 Å². The molecule has 0 amide bonds. The summed E-state index contributed by atoms with van der Waals surface area (Å²) in [4.78, 5) is 24.2. The molecule has 0 saturated carbocycles. The van der Waals surface area contributed by atoms with E-state index in [0.29, 0.717) is 0 Å². The lowest BCUT2D eigenvalue weighted by molar-refractivity contribution is -0.191. The summed E-state index contributed by atoms with van der Waals surface area (Å²) < 4.78 is 14.6. The van der Waals surface area contributed by atoms with Crippen LogP contribution in [0.2, 0.25) is 0 Å². The number of carbonyl (C=O) groups excluding carboxylic acids is 2. The zero-order chi connectivity index (χ0) is 25.4. The Kier molecular flexibility index (Phi) is 6.60. The molecule has 1 aliphatic heterocycles. The van der Waals surface area contributed by atoms with Crippen LogP contribution in [0.3, 0.4) is 0 Å². The highest BCUT2D eigenvalue weighted by Gasteiger charge is 2.56. The van der Waals surface area contributed by atoms with E-state index in [-0.39, 0.29) is 5.56 Å². The zero-order valence-corrected chi connectivity index (χ0v) is 17.0. The molecule has 0 aliphatic carbocycles. The zero-order valence-electron chi connectivity index (χ0n) is 17.0. The Morgan fingerprint density at radius 1 is 0.794 bits per heavy atom. The Balaban J connectivity index is 1.63. The van der Waals surface area contributed by atoms with E-state index >= 15 is 0 Å². The minimum absolute atomic E-state index is 0.370. The van der Waals surface area contributed by atoms with Gasteiger partial charge in [0, 0.05) is 0 Å². The molecule has 0 bridgehead atoms. The van der Waals surface area contributed by atoms with Gasteiger partial charge in [-0.1, -0.05) is 0 Å². The fourth-order valence-corrected chi connectivity index (χ4v) is 3.06. The number of rotatable bonds is 6. The molecule has 0 aromatic heterocycles. The summed E-state index contributed by atoms with van der Waals surface area (Å²) in [5.74, 6) is -7.31. The largest absolute Gasteiger partial charge is 0.504 e. The van der Waals surface area contributed by atoms with Crippen molar-refractivity contribution < 1.29 is 69.8 Å². The molecule has 9 N–H and O–H groups in total. The fraction of sp³-hybridized carbons (Fsp3) is 0.300. The van der Waals surface area contributed by atoms with Crippen molar-refractivity contribution in [3.8, 4) is 34.5 Å². The number of esters is 2. The second-order valence-corrected chi connectivity index (χ2v) is 7.36. The fourth-order valence-electron chi connectivity index (χ4n) is 3.06. The molecule has 184 valence electrons. The summed E-state index contributed by atoms with van der Waals surface area (Å²) >= 11 is 0. The molecule has 0 radical (unpaired) electrons. The molecule has 3 rings (SSSR count). The first-order chi connectivity index (χ1) is 15.8. The maximum absolute atomic E-state index is 12.1. The molecule has 1 saturated heterocycles. The van der Waals surface area contributed by atoms with Crippen molar-refractivity contribution in [2.75, 3.05) is 13.2 Å². The molecule has 2 aromatic rings. The van der Waals surface area contributed by atoms with E-state index in [2.05, 4.69) is 0 Å². The average molecular weight is 484 g/mol. The quantitative estimate of drug-likeness (QED) is 0.172. The van der Waals surface area contributed by atoms with Gasteiger partial charge in [-0.15, -0.1) is 0 Å². The average Bonchev–Trinajstić information content (AvgIpc) is 3.00. The van der Waals surface area contributed by atoms with E-state index in [1.54, 1.807) is 0 Å². The van der Waals surface area contributed by atoms with E-state index in [4.69, 9.17) is 14.2 Å². The van der Waals surface area contributed by atoms with Crippen LogP contribution in [0.25, 0.3) is 0 Å². The molecular formula is C20H20O14. The van der Waals surface area contributed by atoms with Crippen molar-refractivity contribution >= 4 is 11.9 Å². The van der Waals surface area contributed by atoms with Gasteiger partial charge in [-0.05, 0) is 24.3 Å². The summed E-state index contributed by atoms with van der Waals surface area (Å²) in [5.41, 5.74) is -3.36. The molecule has 14 heteroatoms. The Hall–Kier alpha value is -3.98. The third-order valence-electron chi connectivity index (χ3n) is 5.02. The van der Waals surface area contributed by atoms with E-state index in [1.807, 2.05) is 0 Å². The summed E-state index contributed by atoms with van der Waals surface area (Å²) in [6, 6.07) is 3.13. The standard InChI is InChI=1S/C20H20O14/c21-9-1-7(2-10(22)14(9)25)17(28)32-5-13-16(27)20(31,19(30)34-13)6-33-18(29)8-3-11(23)15(26)12(24)4-8/h1-4,13,16,19,21-27,30-31H,5-6H2/t13-,16+,19-,20+/m1/s1. The minimum Gasteiger partial charge on any atom is -0.504 e. The number of phenols is 6. The summed E-state index contributed by atoms with van der Waals surface area (Å²) in [6.07, 6.45) is -5.53. The van der Waals surface area contributed by atoms with Crippen molar-refractivity contribution in [3.63, 3.8) is 0 Å². The highest BCUT2D eigenvalue weighted by molar-refractivity contribution is 5.91. The second-order valence-electron chi connectivity index (χ2n) is 7.36. The van der Waals surface area contributed by atoms with Crippen molar-refractivity contribution in [2.24, 2.45) is 0 Å². The topological polar surface area (TPSA) is 244 Å². The highest BCUT2D eigenvalue weighted by Crippen LogP contribution is 2.37. The van der Waals surface area contributed by atoms with Crippen LogP contribution in [0.15, 0.2) is 24.3 Å². The first-order valence-corrected chi connectivity index (χ1v) is 9.43. The van der Waals surface area contributed by atoms with E-state index in [9.17, 15) is 55.5 Å². The van der Waals surface area contributed by atoms with Crippen LogP contribution < -0.4 is 0 Å². The predicted molar refractivity (Wildman–Crippen MR) is 105 cm³/mol.